The SMILES string of the molecule is CCCOCc1cccc(C[C@H](O)C=C[C@H]2[C@H](O)CC(=O)[C@@H]2CCSCCCC(=O)O)c1. The third-order valence-electron chi connectivity index (χ3n) is 5.59. The van der Waals surface area contributed by atoms with E-state index in [1.54, 1.807) is 23.9 Å². The molecule has 1 aromatic rings. The molecule has 0 bridgehead atoms. The molecular weight excluding hydrogens is 428 g/mol. The molecule has 0 aromatic heterocycles. The molecule has 0 spiro atoms. The molecule has 7 heteroatoms. The molecule has 1 saturated carbocycles. The monoisotopic (exact) mass is 464 g/mol. The van der Waals surface area contributed by atoms with Gasteiger partial charge in [-0.25, -0.2) is 0 Å². The van der Waals surface area contributed by atoms with Gasteiger partial charge in [-0.1, -0.05) is 43.3 Å². The van der Waals surface area contributed by atoms with Crippen LogP contribution in [0.2, 0.25) is 0 Å². The molecule has 0 saturated heterocycles. The van der Waals surface area contributed by atoms with E-state index in [2.05, 4.69) is 6.92 Å². The summed E-state index contributed by atoms with van der Waals surface area (Å²) in [5.74, 6) is 0.234. The number of aliphatic hydroxyl groups is 2. The van der Waals surface area contributed by atoms with Crippen LogP contribution in [0, 0.1) is 11.8 Å². The molecule has 6 nitrogen and oxygen atoms in total. The molecule has 3 N–H and O–H groups in total. The lowest BCUT2D eigenvalue weighted by Crippen LogP contribution is -2.20. The van der Waals surface area contributed by atoms with Crippen LogP contribution >= 0.6 is 11.8 Å². The van der Waals surface area contributed by atoms with Gasteiger partial charge in [-0.3, -0.25) is 9.59 Å². The smallest absolute Gasteiger partial charge is 0.303 e. The Labute approximate surface area is 195 Å². The summed E-state index contributed by atoms with van der Waals surface area (Å²) in [6, 6.07) is 7.97. The standard InChI is InChI=1S/C25H36O6S/c1-2-11-31-17-19-6-3-5-18(14-19)15-20(26)8-9-21-22(24(28)16-23(21)27)10-13-32-12-4-7-25(29)30/h3,5-6,8-9,14,20-23,26-27H,2,4,7,10-13,15-17H2,1H3,(H,29,30)/t20-,21-,22-,23-/m1/s1. The maximum absolute atomic E-state index is 12.3. The lowest BCUT2D eigenvalue weighted by atomic mass is 9.91. The number of hydrogen-bond acceptors (Lipinski definition) is 6. The summed E-state index contributed by atoms with van der Waals surface area (Å²) < 4.78 is 5.58. The third kappa shape index (κ3) is 9.45. The molecule has 2 rings (SSSR count). The normalized spacial score (nSPS) is 22.0. The lowest BCUT2D eigenvalue weighted by molar-refractivity contribution is -0.137. The molecule has 1 aliphatic rings. The second-order valence-corrected chi connectivity index (χ2v) is 9.57. The van der Waals surface area contributed by atoms with Crippen molar-refractivity contribution in [1.29, 1.82) is 0 Å². The van der Waals surface area contributed by atoms with Gasteiger partial charge >= 0.3 is 5.97 Å². The van der Waals surface area contributed by atoms with Crippen LogP contribution in [0.1, 0.15) is 50.2 Å². The van der Waals surface area contributed by atoms with E-state index in [1.807, 2.05) is 24.3 Å². The predicted molar refractivity (Wildman–Crippen MR) is 127 cm³/mol. The minimum Gasteiger partial charge on any atom is -0.481 e. The van der Waals surface area contributed by atoms with Gasteiger partial charge in [0.2, 0.25) is 0 Å². The van der Waals surface area contributed by atoms with E-state index in [4.69, 9.17) is 9.84 Å². The minimum absolute atomic E-state index is 0.0626. The molecule has 0 amide bonds. The number of carboxylic acids is 1. The van der Waals surface area contributed by atoms with E-state index >= 15 is 0 Å². The van der Waals surface area contributed by atoms with Crippen molar-refractivity contribution in [3.05, 3.63) is 47.5 Å². The van der Waals surface area contributed by atoms with E-state index in [1.165, 1.54) is 0 Å². The highest BCUT2D eigenvalue weighted by Crippen LogP contribution is 2.34. The average Bonchev–Trinajstić information content (AvgIpc) is 3.01. The Hall–Kier alpha value is -1.67. The molecule has 1 aromatic carbocycles. The van der Waals surface area contributed by atoms with Crippen molar-refractivity contribution in [2.24, 2.45) is 11.8 Å². The van der Waals surface area contributed by atoms with Crippen molar-refractivity contribution in [3.63, 3.8) is 0 Å². The van der Waals surface area contributed by atoms with Crippen LogP contribution in [-0.4, -0.2) is 57.4 Å². The fraction of sp³-hybridized carbons (Fsp3) is 0.600. The van der Waals surface area contributed by atoms with Gasteiger partial charge in [0.25, 0.3) is 0 Å². The van der Waals surface area contributed by atoms with E-state index in [0.717, 1.165) is 35.7 Å². The number of aliphatic hydroxyl groups excluding tert-OH is 2. The van der Waals surface area contributed by atoms with E-state index in [9.17, 15) is 19.8 Å². The number of thioether (sulfide) groups is 1. The number of carbonyl (C=O) groups is 2. The van der Waals surface area contributed by atoms with Crippen LogP contribution in [0.25, 0.3) is 0 Å². The molecule has 1 fully saturated rings. The zero-order valence-corrected chi connectivity index (χ0v) is 19.6. The largest absolute Gasteiger partial charge is 0.481 e. The molecule has 4 atom stereocenters. The first kappa shape index (κ1) is 26.6. The van der Waals surface area contributed by atoms with Gasteiger partial charge in [0, 0.05) is 37.7 Å². The average molecular weight is 465 g/mol. The Balaban J connectivity index is 1.84. The topological polar surface area (TPSA) is 104 Å². The molecule has 32 heavy (non-hydrogen) atoms. The first-order valence-electron chi connectivity index (χ1n) is 11.4. The molecule has 0 aliphatic heterocycles. The van der Waals surface area contributed by atoms with Crippen molar-refractivity contribution >= 4 is 23.5 Å². The van der Waals surface area contributed by atoms with Crippen LogP contribution < -0.4 is 0 Å². The van der Waals surface area contributed by atoms with Crippen LogP contribution in [-0.2, 0) is 27.4 Å². The summed E-state index contributed by atoms with van der Waals surface area (Å²) in [5, 5.41) is 29.5. The number of aliphatic carboxylic acids is 1. The van der Waals surface area contributed by atoms with E-state index < -0.39 is 18.2 Å². The fourth-order valence-corrected chi connectivity index (χ4v) is 4.95. The summed E-state index contributed by atoms with van der Waals surface area (Å²) in [6.45, 7) is 3.35. The quantitative estimate of drug-likeness (QED) is 0.269. The van der Waals surface area contributed by atoms with Crippen molar-refractivity contribution in [2.75, 3.05) is 18.1 Å². The molecule has 178 valence electrons. The zero-order valence-electron chi connectivity index (χ0n) is 18.8. The van der Waals surface area contributed by atoms with Gasteiger partial charge in [-0.2, -0.15) is 11.8 Å². The molecule has 0 radical (unpaired) electrons. The summed E-state index contributed by atoms with van der Waals surface area (Å²) in [7, 11) is 0. The van der Waals surface area contributed by atoms with Crippen molar-refractivity contribution in [2.45, 2.75) is 64.3 Å². The minimum atomic E-state index is -0.792. The lowest BCUT2D eigenvalue weighted by Gasteiger charge is -2.18. The highest BCUT2D eigenvalue weighted by Gasteiger charge is 2.39. The molecule has 0 heterocycles. The molecule has 1 aliphatic carbocycles. The number of Topliss-reactive ketones (excluding diaryl/α,β-unsaturated/α-hetero) is 1. The van der Waals surface area contributed by atoms with Gasteiger partial charge in [-0.15, -0.1) is 0 Å². The summed E-state index contributed by atoms with van der Waals surface area (Å²) in [5.41, 5.74) is 2.09. The Morgan fingerprint density at radius 3 is 2.84 bits per heavy atom. The molecular formula is C25H36O6S. The predicted octanol–water partition coefficient (Wildman–Crippen LogP) is 3.63. The molecule has 0 unspecified atom stereocenters. The first-order valence-corrected chi connectivity index (χ1v) is 12.6. The second-order valence-electron chi connectivity index (χ2n) is 8.35. The number of ketones is 1. The van der Waals surface area contributed by atoms with Gasteiger partial charge in [0.05, 0.1) is 18.8 Å². The van der Waals surface area contributed by atoms with Crippen LogP contribution in [0.3, 0.4) is 0 Å². The highest BCUT2D eigenvalue weighted by molar-refractivity contribution is 7.99. The maximum Gasteiger partial charge on any atom is 0.303 e. The van der Waals surface area contributed by atoms with Crippen LogP contribution in [0.4, 0.5) is 0 Å². The Kier molecular flexibility index (Phi) is 12.0. The van der Waals surface area contributed by atoms with Crippen molar-refractivity contribution in [3.8, 4) is 0 Å². The third-order valence-corrected chi connectivity index (χ3v) is 6.70. The number of ether oxygens (including phenoxy) is 1. The maximum atomic E-state index is 12.3. The van der Waals surface area contributed by atoms with Crippen molar-refractivity contribution in [1.82, 2.24) is 0 Å². The van der Waals surface area contributed by atoms with Gasteiger partial charge < -0.3 is 20.1 Å². The Morgan fingerprint density at radius 1 is 1.31 bits per heavy atom. The highest BCUT2D eigenvalue weighted by atomic mass is 32.2. The van der Waals surface area contributed by atoms with E-state index in [0.29, 0.717) is 25.9 Å². The summed E-state index contributed by atoms with van der Waals surface area (Å²) in [4.78, 5) is 22.9. The zero-order chi connectivity index (χ0) is 23.3. The van der Waals surface area contributed by atoms with Gasteiger partial charge in [-0.05, 0) is 41.9 Å². The van der Waals surface area contributed by atoms with Crippen molar-refractivity contribution < 1.29 is 29.6 Å². The van der Waals surface area contributed by atoms with Crippen LogP contribution in [0.5, 0.6) is 0 Å². The number of rotatable bonds is 15. The van der Waals surface area contributed by atoms with Gasteiger partial charge in [0.15, 0.2) is 0 Å². The van der Waals surface area contributed by atoms with Crippen LogP contribution in [0.15, 0.2) is 36.4 Å². The first-order chi connectivity index (χ1) is 15.4. The summed E-state index contributed by atoms with van der Waals surface area (Å²) >= 11 is 1.64. The number of hydrogen-bond donors (Lipinski definition) is 3. The second kappa shape index (κ2) is 14.5. The fourth-order valence-electron chi connectivity index (χ4n) is 3.98. The van der Waals surface area contributed by atoms with E-state index in [-0.39, 0.29) is 30.5 Å². The Morgan fingerprint density at radius 2 is 2.09 bits per heavy atom. The number of benzene rings is 1. The summed E-state index contributed by atoms with van der Waals surface area (Å²) in [6.07, 6.45) is 5.09. The number of carbonyl (C=O) groups excluding carboxylic acids is 1. The number of carboxylic acid groups (broad SMARTS) is 1. The Bertz CT molecular complexity index is 750. The van der Waals surface area contributed by atoms with Gasteiger partial charge in [0.1, 0.15) is 5.78 Å².